The lowest BCUT2D eigenvalue weighted by Crippen LogP contribution is -2.16. The van der Waals surface area contributed by atoms with Gasteiger partial charge >= 0.3 is 0 Å². The Morgan fingerprint density at radius 3 is 2.45 bits per heavy atom. The highest BCUT2D eigenvalue weighted by atomic mass is 16.6. The second-order valence-corrected chi connectivity index (χ2v) is 5.16. The zero-order valence-corrected chi connectivity index (χ0v) is 13.0. The fourth-order valence-electron chi connectivity index (χ4n) is 1.98. The summed E-state index contributed by atoms with van der Waals surface area (Å²) >= 11 is 0. The summed E-state index contributed by atoms with van der Waals surface area (Å²) in [5.74, 6) is -0.103. The molecule has 1 N–H and O–H groups in total. The van der Waals surface area contributed by atoms with Gasteiger partial charge in [-0.25, -0.2) is 5.43 Å². The number of nitrogens with zero attached hydrogens (tertiary/aromatic N) is 2. The van der Waals surface area contributed by atoms with Gasteiger partial charge in [0.1, 0.15) is 0 Å². The minimum Gasteiger partial charge on any atom is -0.273 e. The van der Waals surface area contributed by atoms with Crippen molar-refractivity contribution in [3.05, 3.63) is 39.9 Å². The largest absolute Gasteiger partial charge is 0.273 e. The van der Waals surface area contributed by atoms with Crippen LogP contribution in [-0.2, 0) is 4.79 Å². The van der Waals surface area contributed by atoms with Crippen LogP contribution in [0, 0.1) is 10.1 Å². The smallest absolute Gasteiger partial charge is 0.269 e. The Morgan fingerprint density at radius 2 is 1.82 bits per heavy atom. The molecule has 1 amide bonds. The molecule has 0 saturated heterocycles. The van der Waals surface area contributed by atoms with Crippen molar-refractivity contribution >= 4 is 17.8 Å². The molecule has 1 rings (SSSR count). The van der Waals surface area contributed by atoms with Crippen LogP contribution in [0.3, 0.4) is 0 Å². The topological polar surface area (TPSA) is 84.6 Å². The van der Waals surface area contributed by atoms with E-state index in [2.05, 4.69) is 17.5 Å². The summed E-state index contributed by atoms with van der Waals surface area (Å²) in [6.45, 7) is 2.18. The van der Waals surface area contributed by atoms with Gasteiger partial charge in [-0.3, -0.25) is 14.9 Å². The van der Waals surface area contributed by atoms with Crippen molar-refractivity contribution in [2.24, 2.45) is 5.10 Å². The predicted molar refractivity (Wildman–Crippen MR) is 86.8 cm³/mol. The molecule has 120 valence electrons. The monoisotopic (exact) mass is 305 g/mol. The Morgan fingerprint density at radius 1 is 1.18 bits per heavy atom. The predicted octanol–water partition coefficient (Wildman–Crippen LogP) is 3.80. The molecule has 0 saturated carbocycles. The third kappa shape index (κ3) is 7.52. The zero-order chi connectivity index (χ0) is 16.2. The van der Waals surface area contributed by atoms with Crippen molar-refractivity contribution in [1.82, 2.24) is 5.43 Å². The highest BCUT2D eigenvalue weighted by molar-refractivity contribution is 5.82. The van der Waals surface area contributed by atoms with E-state index in [1.54, 1.807) is 12.1 Å². The van der Waals surface area contributed by atoms with Crippen LogP contribution in [0.25, 0.3) is 0 Å². The number of unbranched alkanes of at least 4 members (excludes halogenated alkanes) is 5. The Kier molecular flexibility index (Phi) is 8.49. The van der Waals surface area contributed by atoms with Crippen LogP contribution in [0.2, 0.25) is 0 Å². The van der Waals surface area contributed by atoms with Crippen molar-refractivity contribution in [1.29, 1.82) is 0 Å². The van der Waals surface area contributed by atoms with Crippen LogP contribution in [-0.4, -0.2) is 17.0 Å². The second-order valence-electron chi connectivity index (χ2n) is 5.16. The first-order valence-corrected chi connectivity index (χ1v) is 7.70. The van der Waals surface area contributed by atoms with Crippen molar-refractivity contribution in [2.45, 2.75) is 51.9 Å². The number of nitrogens with one attached hydrogen (secondary N) is 1. The van der Waals surface area contributed by atoms with Crippen molar-refractivity contribution < 1.29 is 9.72 Å². The summed E-state index contributed by atoms with van der Waals surface area (Å²) in [6.07, 6.45) is 8.78. The normalized spacial score (nSPS) is 10.8. The van der Waals surface area contributed by atoms with E-state index in [1.165, 1.54) is 44.0 Å². The van der Waals surface area contributed by atoms with E-state index >= 15 is 0 Å². The van der Waals surface area contributed by atoms with Crippen LogP contribution in [0.15, 0.2) is 29.4 Å². The second kappa shape index (κ2) is 10.5. The molecular formula is C16H23N3O3. The fraction of sp³-hybridized carbons (Fsp3) is 0.500. The van der Waals surface area contributed by atoms with Crippen LogP contribution >= 0.6 is 0 Å². The molecule has 22 heavy (non-hydrogen) atoms. The minimum atomic E-state index is -0.455. The molecule has 0 aliphatic rings. The number of rotatable bonds is 10. The minimum absolute atomic E-state index is 0.0317. The van der Waals surface area contributed by atoms with Crippen LogP contribution in [0.4, 0.5) is 5.69 Å². The highest BCUT2D eigenvalue weighted by Crippen LogP contribution is 2.10. The molecular weight excluding hydrogens is 282 g/mol. The van der Waals surface area contributed by atoms with E-state index in [0.717, 1.165) is 12.8 Å². The maximum atomic E-state index is 11.6. The average molecular weight is 305 g/mol. The number of hydrogen-bond donors (Lipinski definition) is 1. The molecule has 0 aliphatic carbocycles. The molecule has 0 fully saturated rings. The summed E-state index contributed by atoms with van der Waals surface area (Å²) in [7, 11) is 0. The molecule has 0 heterocycles. The van der Waals surface area contributed by atoms with E-state index in [4.69, 9.17) is 0 Å². The van der Waals surface area contributed by atoms with Gasteiger partial charge in [-0.2, -0.15) is 5.10 Å². The van der Waals surface area contributed by atoms with Gasteiger partial charge in [0.2, 0.25) is 5.91 Å². The van der Waals surface area contributed by atoms with E-state index in [1.807, 2.05) is 0 Å². The van der Waals surface area contributed by atoms with Gasteiger partial charge in [0, 0.05) is 18.6 Å². The first-order chi connectivity index (χ1) is 10.6. The highest BCUT2D eigenvalue weighted by Gasteiger charge is 2.03. The summed E-state index contributed by atoms with van der Waals surface area (Å²) < 4.78 is 0. The van der Waals surface area contributed by atoms with E-state index in [-0.39, 0.29) is 11.6 Å². The number of non-ortho nitro benzene ring substituents is 1. The molecule has 1 aromatic carbocycles. The molecule has 0 unspecified atom stereocenters. The lowest BCUT2D eigenvalue weighted by atomic mass is 10.1. The Balaban J connectivity index is 2.21. The number of hydrazone groups is 1. The van der Waals surface area contributed by atoms with Crippen molar-refractivity contribution in [3.63, 3.8) is 0 Å². The number of hydrogen-bond acceptors (Lipinski definition) is 4. The van der Waals surface area contributed by atoms with Crippen LogP contribution < -0.4 is 5.43 Å². The standard InChI is InChI=1S/C16H23N3O3/c1-2-3-4-5-6-7-8-16(20)18-17-13-14-9-11-15(12-10-14)19(21)22/h9-13H,2-8H2,1H3,(H,18,20). The number of benzene rings is 1. The molecule has 6 nitrogen and oxygen atoms in total. The van der Waals surface area contributed by atoms with Gasteiger partial charge in [0.15, 0.2) is 0 Å². The Bertz CT molecular complexity index is 498. The lowest BCUT2D eigenvalue weighted by molar-refractivity contribution is -0.384. The quantitative estimate of drug-likeness (QED) is 0.309. The Hall–Kier alpha value is -2.24. The van der Waals surface area contributed by atoms with Gasteiger partial charge in [-0.1, -0.05) is 39.0 Å². The Labute approximate surface area is 130 Å². The van der Waals surface area contributed by atoms with Crippen molar-refractivity contribution in [3.8, 4) is 0 Å². The number of carbonyl (C=O) groups is 1. The van der Waals surface area contributed by atoms with Gasteiger partial charge < -0.3 is 0 Å². The molecule has 0 atom stereocenters. The first-order valence-electron chi connectivity index (χ1n) is 7.70. The zero-order valence-electron chi connectivity index (χ0n) is 13.0. The van der Waals surface area contributed by atoms with E-state index in [0.29, 0.717) is 12.0 Å². The van der Waals surface area contributed by atoms with E-state index < -0.39 is 4.92 Å². The number of nitro groups is 1. The molecule has 0 radical (unpaired) electrons. The SMILES string of the molecule is CCCCCCCCC(=O)NN=Cc1ccc([N+](=O)[O-])cc1. The molecule has 0 aromatic heterocycles. The maximum Gasteiger partial charge on any atom is 0.269 e. The summed E-state index contributed by atoms with van der Waals surface area (Å²) in [4.78, 5) is 21.6. The van der Waals surface area contributed by atoms with Crippen LogP contribution in [0.5, 0.6) is 0 Å². The summed E-state index contributed by atoms with van der Waals surface area (Å²) in [5, 5.41) is 14.4. The average Bonchev–Trinajstić information content (AvgIpc) is 2.51. The molecule has 1 aromatic rings. The molecule has 6 heteroatoms. The lowest BCUT2D eigenvalue weighted by Gasteiger charge is -2.00. The number of amides is 1. The van der Waals surface area contributed by atoms with Gasteiger partial charge in [-0.05, 0) is 24.1 Å². The third-order valence-electron chi connectivity index (χ3n) is 3.26. The first kappa shape index (κ1) is 17.8. The molecule has 0 spiro atoms. The van der Waals surface area contributed by atoms with Gasteiger partial charge in [0.05, 0.1) is 11.1 Å². The molecule has 0 aliphatic heterocycles. The fourth-order valence-corrected chi connectivity index (χ4v) is 1.98. The van der Waals surface area contributed by atoms with Crippen molar-refractivity contribution in [2.75, 3.05) is 0 Å². The van der Waals surface area contributed by atoms with Gasteiger partial charge in [-0.15, -0.1) is 0 Å². The third-order valence-corrected chi connectivity index (χ3v) is 3.26. The van der Waals surface area contributed by atoms with E-state index in [9.17, 15) is 14.9 Å². The summed E-state index contributed by atoms with van der Waals surface area (Å²) in [6, 6.07) is 5.97. The number of nitro benzene ring substituents is 1. The molecule has 0 bridgehead atoms. The van der Waals surface area contributed by atoms with Gasteiger partial charge in [0.25, 0.3) is 5.69 Å². The maximum absolute atomic E-state index is 11.6. The summed E-state index contributed by atoms with van der Waals surface area (Å²) in [5.41, 5.74) is 3.20. The number of carbonyl (C=O) groups excluding carboxylic acids is 1. The van der Waals surface area contributed by atoms with Crippen LogP contribution in [0.1, 0.15) is 57.4 Å².